The standard InChI is InChI=1S/C17H21N3O3/c1-16(2)17(3,4)23-20(22-16)14-8-10-19-15(11-14)21-12-13-7-5-6-9-18-13/h5-11H,12H2,1-4H3. The van der Waals surface area contributed by atoms with Crippen LogP contribution in [0.4, 0.5) is 5.69 Å². The highest BCUT2D eigenvalue weighted by atomic mass is 17.0. The van der Waals surface area contributed by atoms with Crippen molar-refractivity contribution in [3.05, 3.63) is 48.4 Å². The van der Waals surface area contributed by atoms with E-state index in [1.54, 1.807) is 18.5 Å². The zero-order chi connectivity index (χ0) is 16.5. The third-order valence-electron chi connectivity index (χ3n) is 4.10. The summed E-state index contributed by atoms with van der Waals surface area (Å²) in [6.07, 6.45) is 3.40. The highest BCUT2D eigenvalue weighted by molar-refractivity contribution is 5.44. The van der Waals surface area contributed by atoms with Gasteiger partial charge in [0.2, 0.25) is 5.88 Å². The fraction of sp³-hybridized carbons (Fsp3) is 0.412. The molecule has 0 spiro atoms. The van der Waals surface area contributed by atoms with E-state index in [0.29, 0.717) is 12.5 Å². The Hall–Kier alpha value is -2.18. The lowest BCUT2D eigenvalue weighted by atomic mass is 9.90. The quantitative estimate of drug-likeness (QED) is 0.863. The van der Waals surface area contributed by atoms with E-state index < -0.39 is 11.2 Å². The average Bonchev–Trinajstić information content (AvgIpc) is 2.75. The van der Waals surface area contributed by atoms with Crippen molar-refractivity contribution in [2.45, 2.75) is 45.5 Å². The predicted octanol–water partition coefficient (Wildman–Crippen LogP) is 3.30. The lowest BCUT2D eigenvalue weighted by Crippen LogP contribution is -2.41. The molecule has 0 unspecified atom stereocenters. The largest absolute Gasteiger partial charge is 0.471 e. The summed E-state index contributed by atoms with van der Waals surface area (Å²) in [7, 11) is 0. The maximum atomic E-state index is 5.88. The van der Waals surface area contributed by atoms with Crippen molar-refractivity contribution in [1.29, 1.82) is 0 Å². The molecule has 1 aliphatic rings. The smallest absolute Gasteiger partial charge is 0.215 e. The number of ether oxygens (including phenoxy) is 1. The highest BCUT2D eigenvalue weighted by Crippen LogP contribution is 2.40. The number of anilines is 1. The van der Waals surface area contributed by atoms with Crippen LogP contribution in [-0.2, 0) is 16.3 Å². The summed E-state index contributed by atoms with van der Waals surface area (Å²) < 4.78 is 5.68. The van der Waals surface area contributed by atoms with Gasteiger partial charge in [-0.2, -0.15) is 0 Å². The molecule has 6 nitrogen and oxygen atoms in total. The molecule has 0 radical (unpaired) electrons. The van der Waals surface area contributed by atoms with Crippen molar-refractivity contribution in [3.8, 4) is 5.88 Å². The van der Waals surface area contributed by atoms with E-state index >= 15 is 0 Å². The average molecular weight is 315 g/mol. The summed E-state index contributed by atoms with van der Waals surface area (Å²) in [5.74, 6) is 0.489. The lowest BCUT2D eigenvalue weighted by molar-refractivity contribution is -0.0274. The Morgan fingerprint density at radius 2 is 1.74 bits per heavy atom. The molecule has 2 aromatic rings. The van der Waals surface area contributed by atoms with Gasteiger partial charge < -0.3 is 4.74 Å². The van der Waals surface area contributed by atoms with E-state index in [0.717, 1.165) is 11.4 Å². The maximum Gasteiger partial charge on any atom is 0.215 e. The molecule has 6 heteroatoms. The minimum absolute atomic E-state index is 0.357. The molecule has 122 valence electrons. The van der Waals surface area contributed by atoms with Crippen LogP contribution in [0.1, 0.15) is 33.4 Å². The monoisotopic (exact) mass is 315 g/mol. The third kappa shape index (κ3) is 3.28. The molecule has 1 aliphatic heterocycles. The van der Waals surface area contributed by atoms with Crippen LogP contribution in [0.3, 0.4) is 0 Å². The van der Waals surface area contributed by atoms with Crippen LogP contribution in [0.15, 0.2) is 42.7 Å². The molecule has 3 heterocycles. The number of hydrogen-bond acceptors (Lipinski definition) is 6. The van der Waals surface area contributed by atoms with Gasteiger partial charge >= 0.3 is 0 Å². The normalized spacial score (nSPS) is 18.9. The van der Waals surface area contributed by atoms with E-state index in [-0.39, 0.29) is 0 Å². The first-order valence-electron chi connectivity index (χ1n) is 7.55. The fourth-order valence-corrected chi connectivity index (χ4v) is 1.98. The van der Waals surface area contributed by atoms with Crippen LogP contribution >= 0.6 is 0 Å². The zero-order valence-corrected chi connectivity index (χ0v) is 13.8. The second kappa shape index (κ2) is 5.79. The Morgan fingerprint density at radius 1 is 1.00 bits per heavy atom. The number of pyridine rings is 2. The number of rotatable bonds is 4. The molecule has 23 heavy (non-hydrogen) atoms. The first kappa shape index (κ1) is 15.7. The molecular weight excluding hydrogens is 294 g/mol. The van der Waals surface area contributed by atoms with Crippen molar-refractivity contribution >= 4 is 5.69 Å². The molecule has 1 saturated heterocycles. The van der Waals surface area contributed by atoms with E-state index in [1.807, 2.05) is 52.0 Å². The van der Waals surface area contributed by atoms with Crippen LogP contribution in [0.5, 0.6) is 5.88 Å². The molecule has 2 aromatic heterocycles. The summed E-state index contributed by atoms with van der Waals surface area (Å²) >= 11 is 0. The van der Waals surface area contributed by atoms with Gasteiger partial charge in [0.05, 0.1) is 5.69 Å². The maximum absolute atomic E-state index is 5.88. The molecule has 3 rings (SSSR count). The Bertz CT molecular complexity index is 658. The number of nitrogens with zero attached hydrogens (tertiary/aromatic N) is 3. The van der Waals surface area contributed by atoms with Crippen molar-refractivity contribution in [1.82, 2.24) is 9.97 Å². The van der Waals surface area contributed by atoms with E-state index in [2.05, 4.69) is 9.97 Å². The second-order valence-electron chi connectivity index (χ2n) is 6.42. The second-order valence-corrected chi connectivity index (χ2v) is 6.42. The summed E-state index contributed by atoms with van der Waals surface area (Å²) in [6.45, 7) is 8.33. The molecule has 0 aromatic carbocycles. The molecule has 0 bridgehead atoms. The number of aromatic nitrogens is 2. The molecule has 0 saturated carbocycles. The molecule has 0 N–H and O–H groups in total. The van der Waals surface area contributed by atoms with Crippen LogP contribution in [0.2, 0.25) is 0 Å². The van der Waals surface area contributed by atoms with Gasteiger partial charge in [-0.15, -0.1) is 5.23 Å². The van der Waals surface area contributed by atoms with Crippen LogP contribution in [0.25, 0.3) is 0 Å². The minimum atomic E-state index is -0.439. The SMILES string of the molecule is CC1(C)ON(c2ccnc(OCc3ccccn3)c2)OC1(C)C. The Kier molecular flexibility index (Phi) is 3.95. The van der Waals surface area contributed by atoms with Gasteiger partial charge in [-0.05, 0) is 45.9 Å². The first-order valence-corrected chi connectivity index (χ1v) is 7.55. The van der Waals surface area contributed by atoms with Gasteiger partial charge in [0.25, 0.3) is 0 Å². The third-order valence-corrected chi connectivity index (χ3v) is 4.10. The van der Waals surface area contributed by atoms with Crippen LogP contribution < -0.4 is 9.96 Å². The van der Waals surface area contributed by atoms with Gasteiger partial charge in [0, 0.05) is 18.5 Å². The summed E-state index contributed by atoms with van der Waals surface area (Å²) in [5, 5.41) is 1.43. The van der Waals surface area contributed by atoms with Crippen LogP contribution in [-0.4, -0.2) is 21.2 Å². The summed E-state index contributed by atoms with van der Waals surface area (Å²) in [4.78, 5) is 20.2. The van der Waals surface area contributed by atoms with Gasteiger partial charge in [-0.1, -0.05) is 6.07 Å². The molecular formula is C17H21N3O3. The lowest BCUT2D eigenvalue weighted by Gasteiger charge is -2.26. The Labute approximate surface area is 135 Å². The van der Waals surface area contributed by atoms with Crippen molar-refractivity contribution < 1.29 is 14.4 Å². The predicted molar refractivity (Wildman–Crippen MR) is 85.6 cm³/mol. The van der Waals surface area contributed by atoms with Crippen molar-refractivity contribution in [2.24, 2.45) is 0 Å². The minimum Gasteiger partial charge on any atom is -0.471 e. The molecule has 0 aliphatic carbocycles. The van der Waals surface area contributed by atoms with Crippen molar-refractivity contribution in [3.63, 3.8) is 0 Å². The van der Waals surface area contributed by atoms with E-state index in [1.165, 1.54) is 5.23 Å². The van der Waals surface area contributed by atoms with Gasteiger partial charge in [0.1, 0.15) is 23.5 Å². The number of hydrogen-bond donors (Lipinski definition) is 0. The van der Waals surface area contributed by atoms with Gasteiger partial charge in [-0.3, -0.25) is 4.98 Å². The zero-order valence-electron chi connectivity index (χ0n) is 13.8. The van der Waals surface area contributed by atoms with E-state index in [9.17, 15) is 0 Å². The Balaban J connectivity index is 1.71. The van der Waals surface area contributed by atoms with Crippen LogP contribution in [0, 0.1) is 0 Å². The van der Waals surface area contributed by atoms with E-state index in [4.69, 9.17) is 14.4 Å². The van der Waals surface area contributed by atoms with Crippen molar-refractivity contribution in [2.75, 3.05) is 5.23 Å². The van der Waals surface area contributed by atoms with Gasteiger partial charge in [0.15, 0.2) is 0 Å². The summed E-state index contributed by atoms with van der Waals surface area (Å²) in [5.41, 5.74) is 0.696. The molecule has 0 atom stereocenters. The molecule has 1 fully saturated rings. The molecule has 0 amide bonds. The van der Waals surface area contributed by atoms with Gasteiger partial charge in [-0.25, -0.2) is 14.7 Å². The summed E-state index contributed by atoms with van der Waals surface area (Å²) in [6, 6.07) is 9.28. The topological polar surface area (TPSA) is 56.7 Å². The first-order chi connectivity index (χ1) is 10.9. The fourth-order valence-electron chi connectivity index (χ4n) is 1.98. The highest BCUT2D eigenvalue weighted by Gasteiger charge is 2.50. The Morgan fingerprint density at radius 3 is 2.39 bits per heavy atom.